The van der Waals surface area contributed by atoms with E-state index in [1.807, 2.05) is 15.9 Å². The van der Waals surface area contributed by atoms with E-state index in [0.717, 1.165) is 38.3 Å². The van der Waals surface area contributed by atoms with Crippen LogP contribution in [0.15, 0.2) is 55.1 Å². The predicted molar refractivity (Wildman–Crippen MR) is 222 cm³/mol. The minimum absolute atomic E-state index is 0.0236. The highest BCUT2D eigenvalue weighted by molar-refractivity contribution is 6.34. The van der Waals surface area contributed by atoms with Gasteiger partial charge in [0, 0.05) is 96.5 Å². The Bertz CT molecular complexity index is 2210. The van der Waals surface area contributed by atoms with Crippen LogP contribution in [0.5, 0.6) is 0 Å². The van der Waals surface area contributed by atoms with Crippen molar-refractivity contribution in [3.63, 3.8) is 0 Å². The Balaban J connectivity index is 0.828. The molecule has 4 aliphatic rings. The van der Waals surface area contributed by atoms with E-state index in [4.69, 9.17) is 23.2 Å². The van der Waals surface area contributed by atoms with Gasteiger partial charge in [-0.2, -0.15) is 19.6 Å². The number of rotatable bonds is 8. The molecule has 0 spiro atoms. The molecule has 0 saturated carbocycles. The first-order valence-electron chi connectivity index (χ1n) is 19.9. The summed E-state index contributed by atoms with van der Waals surface area (Å²) >= 11 is 13.5. The molecule has 0 N–H and O–H groups in total. The van der Waals surface area contributed by atoms with Crippen molar-refractivity contribution in [3.8, 4) is 0 Å². The van der Waals surface area contributed by atoms with Crippen molar-refractivity contribution < 1.29 is 19.2 Å². The summed E-state index contributed by atoms with van der Waals surface area (Å²) in [5.74, 6) is 1.11. The fraction of sp³-hybridized carbons (Fsp3) is 0.476. The van der Waals surface area contributed by atoms with Crippen LogP contribution in [0, 0.1) is 37.5 Å². The quantitative estimate of drug-likeness (QED) is 0.236. The first-order chi connectivity index (χ1) is 27.7. The zero-order valence-corrected chi connectivity index (χ0v) is 35.2. The van der Waals surface area contributed by atoms with E-state index in [2.05, 4.69) is 52.0 Å². The third-order valence-corrected chi connectivity index (χ3v) is 13.1. The van der Waals surface area contributed by atoms with Gasteiger partial charge >= 0.3 is 12.1 Å². The number of hydrogen-bond acceptors (Lipinski definition) is 8. The molecule has 58 heavy (non-hydrogen) atoms. The molecule has 4 saturated heterocycles. The SMILES string of the molecule is CC(=O)N(C)c1cnn(C(=O)N2CC3CN(Cc4cc(Cl)cc(CC(=O)N(C)c5cnn(C(=O)N6CC7CN(Cc8cc(C)cc(C)c8)CC7C6)c5)c4Cl)CC3C2)c1. The zero-order chi connectivity index (χ0) is 41.0. The van der Waals surface area contributed by atoms with Gasteiger partial charge in [0.05, 0.1) is 42.6 Å². The zero-order valence-electron chi connectivity index (χ0n) is 33.6. The molecule has 4 amide bonds. The third-order valence-electron chi connectivity index (χ3n) is 12.4. The average Bonchev–Trinajstić information content (AvgIpc) is 4.02. The highest BCUT2D eigenvalue weighted by Gasteiger charge is 2.43. The Labute approximate surface area is 348 Å². The standard InChI is InChI=1S/C42H50Cl2N10O4/c1-26-6-27(2)8-29(7-26)14-49-16-32-20-51(21-33(32)17-49)42(58)54-25-38(13-46-54)48(5)39(56)11-30-9-36(43)10-31(40(30)44)15-50-18-34-22-52(23-35(34)19-50)41(57)53-24-37(12-45-53)47(4)28(3)55/h6-10,12-13,24-25,32-35H,11,14-23H2,1-5H3. The number of nitrogens with zero attached hydrogens (tertiary/aromatic N) is 10. The highest BCUT2D eigenvalue weighted by Crippen LogP contribution is 2.36. The Morgan fingerprint density at radius 2 is 1.12 bits per heavy atom. The maximum Gasteiger partial charge on any atom is 0.344 e. The van der Waals surface area contributed by atoms with E-state index in [1.165, 1.54) is 49.0 Å². The highest BCUT2D eigenvalue weighted by atomic mass is 35.5. The van der Waals surface area contributed by atoms with Crippen molar-refractivity contribution in [1.82, 2.24) is 39.2 Å². The van der Waals surface area contributed by atoms with Crippen LogP contribution in [0.4, 0.5) is 21.0 Å². The lowest BCUT2D eigenvalue weighted by molar-refractivity contribution is -0.118. The summed E-state index contributed by atoms with van der Waals surface area (Å²) in [5, 5.41) is 9.55. The lowest BCUT2D eigenvalue weighted by Gasteiger charge is -2.22. The molecule has 14 nitrogen and oxygen atoms in total. The summed E-state index contributed by atoms with van der Waals surface area (Å²) < 4.78 is 2.63. The molecular weight excluding hydrogens is 779 g/mol. The van der Waals surface area contributed by atoms with Gasteiger partial charge in [-0.15, -0.1) is 0 Å². The van der Waals surface area contributed by atoms with Crippen molar-refractivity contribution in [2.75, 3.05) is 76.3 Å². The number of benzene rings is 2. The minimum atomic E-state index is -0.209. The molecule has 0 bridgehead atoms. The lowest BCUT2D eigenvalue weighted by Crippen LogP contribution is -2.36. The van der Waals surface area contributed by atoms with Gasteiger partial charge in [-0.25, -0.2) is 9.59 Å². The molecule has 16 heteroatoms. The van der Waals surface area contributed by atoms with E-state index in [-0.39, 0.29) is 30.3 Å². The van der Waals surface area contributed by atoms with Crippen LogP contribution in [-0.2, 0) is 29.1 Å². The van der Waals surface area contributed by atoms with Crippen LogP contribution in [-0.4, -0.2) is 129 Å². The van der Waals surface area contributed by atoms with Crippen molar-refractivity contribution in [1.29, 1.82) is 0 Å². The van der Waals surface area contributed by atoms with E-state index in [1.54, 1.807) is 38.8 Å². The summed E-state index contributed by atoms with van der Waals surface area (Å²) in [5.41, 5.74) is 6.46. The molecule has 4 unspecified atom stereocenters. The molecule has 8 rings (SSSR count). The molecule has 4 fully saturated rings. The molecule has 306 valence electrons. The van der Waals surface area contributed by atoms with E-state index in [9.17, 15) is 19.2 Å². The first-order valence-corrected chi connectivity index (χ1v) is 20.6. The molecule has 4 aromatic rings. The Kier molecular flexibility index (Phi) is 11.1. The number of amides is 4. The largest absolute Gasteiger partial charge is 0.344 e. The number of aromatic nitrogens is 4. The maximum atomic E-state index is 13.6. The average molecular weight is 830 g/mol. The van der Waals surface area contributed by atoms with Gasteiger partial charge in [-0.05, 0) is 66.3 Å². The van der Waals surface area contributed by atoms with Crippen molar-refractivity contribution >= 4 is 58.5 Å². The lowest BCUT2D eigenvalue weighted by atomic mass is 10.0. The summed E-state index contributed by atoms with van der Waals surface area (Å²) in [7, 11) is 3.32. The van der Waals surface area contributed by atoms with Crippen LogP contribution in [0.2, 0.25) is 10.0 Å². The summed E-state index contributed by atoms with van der Waals surface area (Å²) in [4.78, 5) is 63.6. The third kappa shape index (κ3) is 8.25. The number of anilines is 2. The second-order valence-corrected chi connectivity index (χ2v) is 17.6. The fourth-order valence-corrected chi connectivity index (χ4v) is 9.94. The Hall–Kier alpha value is -4.76. The van der Waals surface area contributed by atoms with Crippen molar-refractivity contribution in [2.45, 2.75) is 40.3 Å². The molecule has 2 aromatic carbocycles. The van der Waals surface area contributed by atoms with Gasteiger partial charge in [0.15, 0.2) is 0 Å². The summed E-state index contributed by atoms with van der Waals surface area (Å²) in [6.07, 6.45) is 6.28. The molecule has 0 aliphatic carbocycles. The first kappa shape index (κ1) is 40.0. The van der Waals surface area contributed by atoms with Crippen LogP contribution < -0.4 is 9.80 Å². The van der Waals surface area contributed by atoms with Gasteiger partial charge < -0.3 is 19.6 Å². The number of carbonyl (C=O) groups is 4. The number of hydrogen-bond donors (Lipinski definition) is 0. The predicted octanol–water partition coefficient (Wildman–Crippen LogP) is 5.26. The fourth-order valence-electron chi connectivity index (χ4n) is 9.44. The maximum absolute atomic E-state index is 13.6. The molecule has 4 atom stereocenters. The minimum Gasteiger partial charge on any atom is -0.322 e. The van der Waals surface area contributed by atoms with Crippen molar-refractivity contribution in [2.24, 2.45) is 23.7 Å². The smallest absolute Gasteiger partial charge is 0.322 e. The normalized spacial score (nSPS) is 21.8. The van der Waals surface area contributed by atoms with Crippen LogP contribution >= 0.6 is 23.2 Å². The van der Waals surface area contributed by atoms with Crippen LogP contribution in [0.1, 0.15) is 34.7 Å². The molecule has 2 aromatic heterocycles. The number of aryl methyl sites for hydroxylation is 2. The molecule has 6 heterocycles. The van der Waals surface area contributed by atoms with E-state index in [0.29, 0.717) is 83.4 Å². The number of halogens is 2. The Morgan fingerprint density at radius 1 is 0.655 bits per heavy atom. The summed E-state index contributed by atoms with van der Waals surface area (Å²) in [6, 6.07) is 9.92. The second-order valence-electron chi connectivity index (χ2n) is 16.8. The van der Waals surface area contributed by atoms with Crippen molar-refractivity contribution in [3.05, 3.63) is 93.0 Å². The van der Waals surface area contributed by atoms with Gasteiger partial charge in [0.25, 0.3) is 0 Å². The number of carbonyl (C=O) groups excluding carboxylic acids is 4. The monoisotopic (exact) mass is 828 g/mol. The Morgan fingerprint density at radius 3 is 1.62 bits per heavy atom. The van der Waals surface area contributed by atoms with E-state index >= 15 is 0 Å². The van der Waals surface area contributed by atoms with Crippen LogP contribution in [0.3, 0.4) is 0 Å². The van der Waals surface area contributed by atoms with Gasteiger partial charge in [-0.3, -0.25) is 19.4 Å². The number of fused-ring (bicyclic) bond motifs is 2. The molecular formula is C42H50Cl2N10O4. The number of likely N-dealkylation sites (N-methyl/N-ethyl adjacent to an activating group) is 1. The molecule has 0 radical (unpaired) electrons. The summed E-state index contributed by atoms with van der Waals surface area (Å²) in [6.45, 7) is 13.4. The molecule has 4 aliphatic heterocycles. The van der Waals surface area contributed by atoms with Gasteiger partial charge in [0.1, 0.15) is 0 Å². The second kappa shape index (κ2) is 16.1. The van der Waals surface area contributed by atoms with Gasteiger partial charge in [-0.1, -0.05) is 52.5 Å². The van der Waals surface area contributed by atoms with Crippen LogP contribution in [0.25, 0.3) is 0 Å². The van der Waals surface area contributed by atoms with E-state index < -0.39 is 0 Å². The topological polar surface area (TPSA) is 123 Å². The number of likely N-dealkylation sites (tertiary alicyclic amines) is 4. The van der Waals surface area contributed by atoms with Gasteiger partial charge in [0.2, 0.25) is 11.8 Å².